The van der Waals surface area contributed by atoms with Crippen LogP contribution in [0.25, 0.3) is 0 Å². The number of nitrogens with zero attached hydrogens (tertiary/aromatic N) is 2. The lowest BCUT2D eigenvalue weighted by atomic mass is 10.6. The van der Waals surface area contributed by atoms with Crippen molar-refractivity contribution < 1.29 is 4.42 Å². The van der Waals surface area contributed by atoms with Gasteiger partial charge in [0.2, 0.25) is 11.8 Å². The minimum Gasteiger partial charge on any atom is -0.423 e. The van der Waals surface area contributed by atoms with Crippen LogP contribution in [0.1, 0.15) is 24.6 Å². The molecule has 0 bridgehead atoms. The highest BCUT2D eigenvalue weighted by Gasteiger charge is 2.20. The average Bonchev–Trinajstić information content (AvgIpc) is 2.85. The number of rotatable bonds is 5. The maximum Gasteiger partial charge on any atom is 0.230 e. The molecule has 0 radical (unpaired) electrons. The third kappa shape index (κ3) is 2.70. The van der Waals surface area contributed by atoms with Gasteiger partial charge in [0.05, 0.1) is 12.3 Å². The number of aromatic nitrogens is 2. The fourth-order valence-corrected chi connectivity index (χ4v) is 1.42. The molecule has 72 valence electrons. The van der Waals surface area contributed by atoms with Gasteiger partial charge in [-0.1, -0.05) is 0 Å². The van der Waals surface area contributed by atoms with Crippen LogP contribution >= 0.6 is 11.8 Å². The van der Waals surface area contributed by atoms with Gasteiger partial charge in [0.1, 0.15) is 0 Å². The van der Waals surface area contributed by atoms with Crippen LogP contribution in [0.3, 0.4) is 0 Å². The molecule has 0 aliphatic heterocycles. The largest absolute Gasteiger partial charge is 0.423 e. The van der Waals surface area contributed by atoms with E-state index in [2.05, 4.69) is 15.5 Å². The van der Waals surface area contributed by atoms with Gasteiger partial charge >= 0.3 is 0 Å². The number of thioether (sulfide) groups is 1. The fourth-order valence-electron chi connectivity index (χ4n) is 1.06. The summed E-state index contributed by atoms with van der Waals surface area (Å²) in [5, 5.41) is 11.2. The van der Waals surface area contributed by atoms with Crippen LogP contribution in [0.15, 0.2) is 4.42 Å². The molecule has 0 unspecified atom stereocenters. The van der Waals surface area contributed by atoms with E-state index in [1.54, 1.807) is 11.8 Å². The van der Waals surface area contributed by atoms with Crippen LogP contribution in [0.2, 0.25) is 0 Å². The highest BCUT2D eigenvalue weighted by molar-refractivity contribution is 7.97. The molecule has 2 rings (SSSR count). The summed E-state index contributed by atoms with van der Waals surface area (Å²) in [7, 11) is 0. The number of hydrogen-bond donors (Lipinski definition) is 1. The van der Waals surface area contributed by atoms with Crippen molar-refractivity contribution >= 4 is 11.8 Å². The lowest BCUT2D eigenvalue weighted by Crippen LogP contribution is -2.15. The third-order valence-corrected chi connectivity index (χ3v) is 2.43. The Balaban J connectivity index is 1.81. The molecule has 0 atom stereocenters. The molecule has 13 heavy (non-hydrogen) atoms. The normalized spacial score (nSPS) is 16.4. The molecule has 1 heterocycles. The van der Waals surface area contributed by atoms with E-state index in [4.69, 9.17) is 4.42 Å². The maximum absolute atomic E-state index is 5.40. The molecule has 5 heteroatoms. The van der Waals surface area contributed by atoms with Gasteiger partial charge in [-0.05, 0) is 19.1 Å². The zero-order valence-electron chi connectivity index (χ0n) is 7.62. The molecule has 1 aromatic heterocycles. The molecule has 0 aromatic carbocycles. The summed E-state index contributed by atoms with van der Waals surface area (Å²) >= 11 is 1.69. The minimum atomic E-state index is 0.691. The molecule has 0 amide bonds. The van der Waals surface area contributed by atoms with Crippen LogP contribution in [-0.2, 0) is 12.3 Å². The SMILES string of the molecule is CSCc1nnc(CNC2CC2)o1. The molecule has 0 spiro atoms. The molecule has 1 aromatic rings. The van der Waals surface area contributed by atoms with Crippen molar-refractivity contribution in [3.63, 3.8) is 0 Å². The van der Waals surface area contributed by atoms with Gasteiger partial charge in [-0.25, -0.2) is 0 Å². The van der Waals surface area contributed by atoms with Gasteiger partial charge in [-0.2, -0.15) is 11.8 Å². The Bertz CT molecular complexity index is 272. The summed E-state index contributed by atoms with van der Waals surface area (Å²) in [6.07, 6.45) is 4.59. The fraction of sp³-hybridized carbons (Fsp3) is 0.750. The standard InChI is InChI=1S/C8H13N3OS/c1-13-5-8-11-10-7(12-8)4-9-6-2-3-6/h6,9H,2-5H2,1H3. The monoisotopic (exact) mass is 199 g/mol. The van der Waals surface area contributed by atoms with E-state index in [1.165, 1.54) is 12.8 Å². The van der Waals surface area contributed by atoms with E-state index in [0.29, 0.717) is 18.5 Å². The van der Waals surface area contributed by atoms with E-state index in [-0.39, 0.29) is 0 Å². The Morgan fingerprint density at radius 1 is 1.46 bits per heavy atom. The Morgan fingerprint density at radius 3 is 2.92 bits per heavy atom. The second-order valence-electron chi connectivity index (χ2n) is 3.18. The van der Waals surface area contributed by atoms with Gasteiger partial charge in [0.15, 0.2) is 0 Å². The smallest absolute Gasteiger partial charge is 0.230 e. The first-order valence-corrected chi connectivity index (χ1v) is 5.81. The lowest BCUT2D eigenvalue weighted by molar-refractivity contribution is 0.444. The van der Waals surface area contributed by atoms with Crippen molar-refractivity contribution in [2.45, 2.75) is 31.2 Å². The summed E-state index contributed by atoms with van der Waals surface area (Å²) in [6.45, 7) is 0.714. The van der Waals surface area contributed by atoms with E-state index < -0.39 is 0 Å². The Hall–Kier alpha value is -0.550. The predicted octanol–water partition coefficient (Wildman–Crippen LogP) is 1.18. The van der Waals surface area contributed by atoms with Crippen molar-refractivity contribution in [2.75, 3.05) is 6.26 Å². The predicted molar refractivity (Wildman–Crippen MR) is 51.4 cm³/mol. The van der Waals surface area contributed by atoms with Crippen LogP contribution in [0.5, 0.6) is 0 Å². The summed E-state index contributed by atoms with van der Waals surface area (Å²) in [4.78, 5) is 0. The lowest BCUT2D eigenvalue weighted by Gasteiger charge is -1.95. The third-order valence-electron chi connectivity index (χ3n) is 1.90. The van der Waals surface area contributed by atoms with E-state index in [1.807, 2.05) is 6.26 Å². The molecule has 1 saturated carbocycles. The second-order valence-corrected chi connectivity index (χ2v) is 4.04. The Kier molecular flexibility index (Phi) is 2.85. The van der Waals surface area contributed by atoms with Crippen LogP contribution in [-0.4, -0.2) is 22.5 Å². The van der Waals surface area contributed by atoms with Gasteiger partial charge in [0, 0.05) is 6.04 Å². The first-order chi connectivity index (χ1) is 6.38. The molecule has 4 nitrogen and oxygen atoms in total. The van der Waals surface area contributed by atoms with Gasteiger partial charge in [-0.15, -0.1) is 10.2 Å². The molecular weight excluding hydrogens is 186 g/mol. The summed E-state index contributed by atoms with van der Waals surface area (Å²) in [5.74, 6) is 2.23. The molecule has 1 N–H and O–H groups in total. The summed E-state index contributed by atoms with van der Waals surface area (Å²) in [6, 6.07) is 0.691. The maximum atomic E-state index is 5.40. The molecule has 0 saturated heterocycles. The number of nitrogens with one attached hydrogen (secondary N) is 1. The molecular formula is C8H13N3OS. The van der Waals surface area contributed by atoms with Crippen LogP contribution in [0.4, 0.5) is 0 Å². The first kappa shape index (κ1) is 9.02. The highest BCUT2D eigenvalue weighted by atomic mass is 32.2. The minimum absolute atomic E-state index is 0.691. The topological polar surface area (TPSA) is 51.0 Å². The summed E-state index contributed by atoms with van der Waals surface area (Å²) in [5.41, 5.74) is 0. The van der Waals surface area contributed by atoms with Crippen LogP contribution in [0, 0.1) is 0 Å². The quantitative estimate of drug-likeness (QED) is 0.771. The summed E-state index contributed by atoms with van der Waals surface area (Å²) < 4.78 is 5.40. The highest BCUT2D eigenvalue weighted by Crippen LogP contribution is 2.19. The number of hydrogen-bond acceptors (Lipinski definition) is 5. The molecule has 1 fully saturated rings. The van der Waals surface area contributed by atoms with Crippen LogP contribution < -0.4 is 5.32 Å². The van der Waals surface area contributed by atoms with Crippen molar-refractivity contribution in [1.29, 1.82) is 0 Å². The first-order valence-electron chi connectivity index (χ1n) is 4.42. The van der Waals surface area contributed by atoms with E-state index in [0.717, 1.165) is 11.6 Å². The zero-order valence-corrected chi connectivity index (χ0v) is 8.43. The van der Waals surface area contributed by atoms with Gasteiger partial charge in [-0.3, -0.25) is 0 Å². The van der Waals surface area contributed by atoms with Crippen molar-refractivity contribution in [1.82, 2.24) is 15.5 Å². The van der Waals surface area contributed by atoms with Crippen molar-refractivity contribution in [3.05, 3.63) is 11.8 Å². The molecule has 1 aliphatic carbocycles. The van der Waals surface area contributed by atoms with E-state index >= 15 is 0 Å². The Labute approximate surface area is 81.5 Å². The second kappa shape index (κ2) is 4.11. The Morgan fingerprint density at radius 2 is 2.23 bits per heavy atom. The molecule has 1 aliphatic rings. The van der Waals surface area contributed by atoms with Crippen molar-refractivity contribution in [2.24, 2.45) is 0 Å². The van der Waals surface area contributed by atoms with E-state index in [9.17, 15) is 0 Å². The van der Waals surface area contributed by atoms with Crippen molar-refractivity contribution in [3.8, 4) is 0 Å². The average molecular weight is 199 g/mol. The van der Waals surface area contributed by atoms with Gasteiger partial charge in [0.25, 0.3) is 0 Å². The zero-order chi connectivity index (χ0) is 9.10. The van der Waals surface area contributed by atoms with Gasteiger partial charge < -0.3 is 9.73 Å².